The van der Waals surface area contributed by atoms with Gasteiger partial charge < -0.3 is 14.8 Å². The van der Waals surface area contributed by atoms with Gasteiger partial charge >= 0.3 is 6.36 Å². The molecule has 0 aliphatic carbocycles. The second-order valence-corrected chi connectivity index (χ2v) is 4.89. The first-order chi connectivity index (χ1) is 11.8. The van der Waals surface area contributed by atoms with E-state index in [2.05, 4.69) is 10.1 Å². The minimum Gasteiger partial charge on any atom is -0.496 e. The molecule has 0 aromatic heterocycles. The minimum absolute atomic E-state index is 0.0499. The van der Waals surface area contributed by atoms with Crippen LogP contribution in [0.3, 0.4) is 0 Å². The van der Waals surface area contributed by atoms with Gasteiger partial charge in [0.1, 0.15) is 11.5 Å². The maximum atomic E-state index is 12.2. The Morgan fingerprint density at radius 2 is 1.88 bits per heavy atom. The van der Waals surface area contributed by atoms with Gasteiger partial charge in [-0.1, -0.05) is 0 Å². The number of carbonyl (C=O) groups is 1. The van der Waals surface area contributed by atoms with Crippen LogP contribution in [0.1, 0.15) is 21.5 Å². The number of hydrogen-bond donors (Lipinski definition) is 1. The molecule has 0 aliphatic rings. The van der Waals surface area contributed by atoms with Gasteiger partial charge in [0.15, 0.2) is 0 Å². The van der Waals surface area contributed by atoms with Crippen LogP contribution in [-0.4, -0.2) is 19.4 Å². The highest BCUT2D eigenvalue weighted by atomic mass is 19.4. The van der Waals surface area contributed by atoms with E-state index in [1.54, 1.807) is 0 Å². The summed E-state index contributed by atoms with van der Waals surface area (Å²) in [6.07, 6.45) is -4.80. The maximum absolute atomic E-state index is 12.2. The third-order valence-electron chi connectivity index (χ3n) is 3.21. The number of alkyl halides is 3. The van der Waals surface area contributed by atoms with Crippen LogP contribution in [0.4, 0.5) is 13.2 Å². The Morgan fingerprint density at radius 1 is 1.20 bits per heavy atom. The monoisotopic (exact) mass is 350 g/mol. The Labute approximate surface area is 141 Å². The molecule has 0 aliphatic heterocycles. The van der Waals surface area contributed by atoms with Crippen LogP contribution in [0.2, 0.25) is 0 Å². The first-order valence-corrected chi connectivity index (χ1v) is 7.03. The summed E-state index contributed by atoms with van der Waals surface area (Å²) >= 11 is 0. The lowest BCUT2D eigenvalue weighted by Crippen LogP contribution is -2.23. The number of ether oxygens (including phenoxy) is 2. The van der Waals surface area contributed by atoms with Gasteiger partial charge in [0.25, 0.3) is 5.91 Å². The molecule has 2 aromatic rings. The summed E-state index contributed by atoms with van der Waals surface area (Å²) in [5.41, 5.74) is 1.27. The molecular weight excluding hydrogens is 337 g/mol. The summed E-state index contributed by atoms with van der Waals surface area (Å²) in [5.74, 6) is -0.643. The van der Waals surface area contributed by atoms with Crippen molar-refractivity contribution in [3.8, 4) is 17.6 Å². The van der Waals surface area contributed by atoms with E-state index in [1.165, 1.54) is 37.4 Å². The summed E-state index contributed by atoms with van der Waals surface area (Å²) in [5, 5.41) is 11.4. The molecule has 8 heteroatoms. The number of rotatable bonds is 5. The van der Waals surface area contributed by atoms with E-state index in [4.69, 9.17) is 10.00 Å². The smallest absolute Gasteiger partial charge is 0.496 e. The number of nitrogens with zero attached hydrogens (tertiary/aromatic N) is 1. The fraction of sp³-hybridized carbons (Fsp3) is 0.176. The van der Waals surface area contributed by atoms with Gasteiger partial charge in [-0.3, -0.25) is 4.79 Å². The van der Waals surface area contributed by atoms with Gasteiger partial charge in [0, 0.05) is 23.7 Å². The first-order valence-electron chi connectivity index (χ1n) is 7.03. The second kappa shape index (κ2) is 7.57. The van der Waals surface area contributed by atoms with Crippen molar-refractivity contribution in [2.24, 2.45) is 0 Å². The van der Waals surface area contributed by atoms with E-state index >= 15 is 0 Å². The Bertz CT molecular complexity index is 796. The van der Waals surface area contributed by atoms with E-state index in [-0.39, 0.29) is 18.2 Å². The number of halogens is 3. The van der Waals surface area contributed by atoms with Gasteiger partial charge in [-0.25, -0.2) is 0 Å². The van der Waals surface area contributed by atoms with Gasteiger partial charge in [0.2, 0.25) is 0 Å². The van der Waals surface area contributed by atoms with Crippen molar-refractivity contribution in [2.45, 2.75) is 12.9 Å². The average molecular weight is 350 g/mol. The predicted molar refractivity (Wildman–Crippen MR) is 82.0 cm³/mol. The highest BCUT2D eigenvalue weighted by Crippen LogP contribution is 2.29. The van der Waals surface area contributed by atoms with Gasteiger partial charge in [-0.15, -0.1) is 13.2 Å². The Hall–Kier alpha value is -3.21. The lowest BCUT2D eigenvalue weighted by molar-refractivity contribution is -0.274. The molecule has 2 aromatic carbocycles. The molecule has 0 unspecified atom stereocenters. The van der Waals surface area contributed by atoms with E-state index in [1.807, 2.05) is 6.07 Å². The van der Waals surface area contributed by atoms with Crippen molar-refractivity contribution >= 4 is 5.91 Å². The van der Waals surface area contributed by atoms with Gasteiger partial charge in [0.05, 0.1) is 18.7 Å². The zero-order chi connectivity index (χ0) is 18.4. The molecule has 1 N–H and O–H groups in total. The molecule has 25 heavy (non-hydrogen) atoms. The highest BCUT2D eigenvalue weighted by Gasteiger charge is 2.31. The Kier molecular flexibility index (Phi) is 5.49. The molecule has 5 nitrogen and oxygen atoms in total. The van der Waals surface area contributed by atoms with Crippen LogP contribution in [-0.2, 0) is 6.54 Å². The molecule has 1 amide bonds. The summed E-state index contributed by atoms with van der Waals surface area (Å²) < 4.78 is 45.6. The molecule has 0 fully saturated rings. The summed E-state index contributed by atoms with van der Waals surface area (Å²) in [7, 11) is 1.30. The number of carbonyl (C=O) groups excluding carboxylic acids is 1. The molecule has 0 spiro atoms. The van der Waals surface area contributed by atoms with E-state index in [0.717, 1.165) is 12.1 Å². The zero-order valence-electron chi connectivity index (χ0n) is 13.1. The zero-order valence-corrected chi connectivity index (χ0v) is 13.1. The van der Waals surface area contributed by atoms with Crippen LogP contribution in [0.5, 0.6) is 11.5 Å². The van der Waals surface area contributed by atoms with Crippen LogP contribution < -0.4 is 14.8 Å². The van der Waals surface area contributed by atoms with Crippen molar-refractivity contribution in [1.82, 2.24) is 5.32 Å². The summed E-state index contributed by atoms with van der Waals surface area (Å²) in [4.78, 5) is 12.1. The molecule has 0 atom stereocenters. The first kappa shape index (κ1) is 18.1. The highest BCUT2D eigenvalue weighted by molar-refractivity contribution is 5.94. The standard InChI is InChI=1S/C17H13F3N2O3/c1-24-15-8-14(25-17(18,19)20)7-6-13(15)10-22-16(23)12-4-2-11(9-21)3-5-12/h2-8H,10H2,1H3,(H,22,23). The Morgan fingerprint density at radius 3 is 2.44 bits per heavy atom. The van der Waals surface area contributed by atoms with Crippen molar-refractivity contribution in [3.05, 3.63) is 59.2 Å². The summed E-state index contributed by atoms with van der Waals surface area (Å²) in [6.45, 7) is 0.0499. The number of nitriles is 1. The van der Waals surface area contributed by atoms with Gasteiger partial charge in [-0.05, 0) is 36.4 Å². The molecule has 130 valence electrons. The largest absolute Gasteiger partial charge is 0.573 e. The van der Waals surface area contributed by atoms with E-state index < -0.39 is 12.1 Å². The number of amides is 1. The van der Waals surface area contributed by atoms with Gasteiger partial charge in [-0.2, -0.15) is 5.26 Å². The topological polar surface area (TPSA) is 71.3 Å². The number of hydrogen-bond acceptors (Lipinski definition) is 4. The van der Waals surface area contributed by atoms with Crippen LogP contribution in [0.25, 0.3) is 0 Å². The average Bonchev–Trinajstić information content (AvgIpc) is 2.59. The van der Waals surface area contributed by atoms with Crippen molar-refractivity contribution in [1.29, 1.82) is 5.26 Å². The lowest BCUT2D eigenvalue weighted by Gasteiger charge is -2.13. The molecule has 0 saturated heterocycles. The fourth-order valence-corrected chi connectivity index (χ4v) is 2.04. The third kappa shape index (κ3) is 5.14. The van der Waals surface area contributed by atoms with E-state index in [0.29, 0.717) is 16.7 Å². The van der Waals surface area contributed by atoms with E-state index in [9.17, 15) is 18.0 Å². The molecule has 2 rings (SSSR count). The molecular formula is C17H13F3N2O3. The lowest BCUT2D eigenvalue weighted by atomic mass is 10.1. The second-order valence-electron chi connectivity index (χ2n) is 4.89. The SMILES string of the molecule is COc1cc(OC(F)(F)F)ccc1CNC(=O)c1ccc(C#N)cc1. The van der Waals surface area contributed by atoms with Crippen LogP contribution in [0, 0.1) is 11.3 Å². The quantitative estimate of drug-likeness (QED) is 0.897. The molecule has 0 heterocycles. The molecule has 0 saturated carbocycles. The van der Waals surface area contributed by atoms with Crippen molar-refractivity contribution < 1.29 is 27.4 Å². The van der Waals surface area contributed by atoms with Crippen LogP contribution >= 0.6 is 0 Å². The van der Waals surface area contributed by atoms with Crippen molar-refractivity contribution in [3.63, 3.8) is 0 Å². The maximum Gasteiger partial charge on any atom is 0.573 e. The van der Waals surface area contributed by atoms with Crippen molar-refractivity contribution in [2.75, 3.05) is 7.11 Å². The Balaban J connectivity index is 2.06. The number of methoxy groups -OCH3 is 1. The summed E-state index contributed by atoms with van der Waals surface area (Å²) in [6, 6.07) is 11.6. The molecule has 0 bridgehead atoms. The number of benzene rings is 2. The fourth-order valence-electron chi connectivity index (χ4n) is 2.04. The third-order valence-corrected chi connectivity index (χ3v) is 3.21. The predicted octanol–water partition coefficient (Wildman–Crippen LogP) is 3.40. The van der Waals surface area contributed by atoms with Crippen LogP contribution in [0.15, 0.2) is 42.5 Å². The molecule has 0 radical (unpaired) electrons. The minimum atomic E-state index is -4.80. The number of nitrogens with one attached hydrogen (secondary N) is 1. The normalized spacial score (nSPS) is 10.7.